The molecule has 0 N–H and O–H groups in total. The molecule has 122 valence electrons. The van der Waals surface area contributed by atoms with Crippen LogP contribution in [-0.2, 0) is 0 Å². The lowest BCUT2D eigenvalue weighted by Crippen LogP contribution is -2.39. The maximum atomic E-state index is 6.04. The summed E-state index contributed by atoms with van der Waals surface area (Å²) in [5.41, 5.74) is 1.39. The van der Waals surface area contributed by atoms with E-state index in [1.54, 1.807) is 7.11 Å². The van der Waals surface area contributed by atoms with Gasteiger partial charge in [0.15, 0.2) is 0 Å². The Morgan fingerprint density at radius 1 is 1.00 bits per heavy atom. The molecule has 1 aliphatic heterocycles. The van der Waals surface area contributed by atoms with Gasteiger partial charge in [0.25, 0.3) is 0 Å². The molecular weight excluding hydrogens is 286 g/mol. The Morgan fingerprint density at radius 2 is 1.74 bits per heavy atom. The monoisotopic (exact) mass is 311 g/mol. The topological polar surface area (TPSA) is 21.7 Å². The summed E-state index contributed by atoms with van der Waals surface area (Å²) in [6.07, 6.45) is 1.17. The maximum absolute atomic E-state index is 6.04. The number of para-hydroxylation sites is 1. The molecule has 0 bridgehead atoms. The molecule has 2 aromatic carbocycles. The van der Waals surface area contributed by atoms with Gasteiger partial charge < -0.3 is 14.4 Å². The summed E-state index contributed by atoms with van der Waals surface area (Å²) in [5.74, 6) is 2.91. The smallest absolute Gasteiger partial charge is 0.119 e. The van der Waals surface area contributed by atoms with Crippen molar-refractivity contribution in [1.29, 1.82) is 0 Å². The molecule has 2 aromatic rings. The summed E-state index contributed by atoms with van der Waals surface area (Å²) < 4.78 is 11.3. The zero-order valence-corrected chi connectivity index (χ0v) is 13.9. The average molecular weight is 311 g/mol. The van der Waals surface area contributed by atoms with E-state index in [0.29, 0.717) is 11.8 Å². The molecule has 0 spiro atoms. The van der Waals surface area contributed by atoms with Gasteiger partial charge in [0.05, 0.1) is 13.7 Å². The Kier molecular flexibility index (Phi) is 5.19. The number of benzene rings is 2. The van der Waals surface area contributed by atoms with Crippen LogP contribution in [0.15, 0.2) is 54.6 Å². The van der Waals surface area contributed by atoms with Crippen molar-refractivity contribution >= 4 is 0 Å². The third-order valence-corrected chi connectivity index (χ3v) is 4.69. The molecule has 0 aliphatic carbocycles. The molecule has 0 amide bonds. The van der Waals surface area contributed by atoms with Crippen LogP contribution in [0.1, 0.15) is 17.9 Å². The van der Waals surface area contributed by atoms with E-state index < -0.39 is 0 Å². The molecule has 3 rings (SSSR count). The minimum Gasteiger partial charge on any atom is -0.497 e. The zero-order chi connectivity index (χ0) is 16.1. The van der Waals surface area contributed by atoms with E-state index in [4.69, 9.17) is 9.47 Å². The van der Waals surface area contributed by atoms with Crippen LogP contribution in [-0.4, -0.2) is 38.8 Å². The highest BCUT2D eigenvalue weighted by Gasteiger charge is 2.29. The maximum Gasteiger partial charge on any atom is 0.119 e. The highest BCUT2D eigenvalue weighted by Crippen LogP contribution is 2.34. The number of methoxy groups -OCH3 is 1. The van der Waals surface area contributed by atoms with Gasteiger partial charge in [0, 0.05) is 12.5 Å². The first-order chi connectivity index (χ1) is 11.3. The van der Waals surface area contributed by atoms with E-state index in [9.17, 15) is 0 Å². The number of nitrogens with zero attached hydrogens (tertiary/aromatic N) is 1. The highest BCUT2D eigenvalue weighted by molar-refractivity contribution is 5.30. The molecule has 1 heterocycles. The van der Waals surface area contributed by atoms with Crippen molar-refractivity contribution < 1.29 is 9.47 Å². The van der Waals surface area contributed by atoms with Gasteiger partial charge in [0.1, 0.15) is 11.5 Å². The number of rotatable bonds is 5. The largest absolute Gasteiger partial charge is 0.497 e. The van der Waals surface area contributed by atoms with E-state index in [2.05, 4.69) is 36.2 Å². The molecular formula is C20H25NO2. The Morgan fingerprint density at radius 3 is 2.43 bits per heavy atom. The van der Waals surface area contributed by atoms with Crippen LogP contribution in [0, 0.1) is 5.92 Å². The van der Waals surface area contributed by atoms with Crippen LogP contribution in [0.3, 0.4) is 0 Å². The predicted octanol–water partition coefficient (Wildman–Crippen LogP) is 3.81. The quantitative estimate of drug-likeness (QED) is 0.838. The Labute approximate surface area is 138 Å². The molecule has 0 saturated carbocycles. The second kappa shape index (κ2) is 7.51. The minimum atomic E-state index is 0.502. The fraction of sp³-hybridized carbons (Fsp3) is 0.400. The molecule has 0 aromatic heterocycles. The first-order valence-electron chi connectivity index (χ1n) is 8.26. The molecule has 1 fully saturated rings. The van der Waals surface area contributed by atoms with Crippen molar-refractivity contribution in [3.8, 4) is 11.5 Å². The second-order valence-corrected chi connectivity index (χ2v) is 6.31. The number of piperidine rings is 1. The Bertz CT molecular complexity index is 597. The SMILES string of the molecule is COc1ccc([C@H]2CCN(C)C[C@H]2COc2ccccc2)cc1. The van der Waals surface area contributed by atoms with Crippen LogP contribution in [0.4, 0.5) is 0 Å². The lowest BCUT2D eigenvalue weighted by atomic mass is 9.81. The van der Waals surface area contributed by atoms with Gasteiger partial charge in [-0.15, -0.1) is 0 Å². The van der Waals surface area contributed by atoms with E-state index >= 15 is 0 Å². The van der Waals surface area contributed by atoms with Crippen molar-refractivity contribution in [2.24, 2.45) is 5.92 Å². The van der Waals surface area contributed by atoms with E-state index in [-0.39, 0.29) is 0 Å². The van der Waals surface area contributed by atoms with Crippen molar-refractivity contribution in [3.63, 3.8) is 0 Å². The third kappa shape index (κ3) is 4.05. The summed E-state index contributed by atoms with van der Waals surface area (Å²) in [6, 6.07) is 18.6. The van der Waals surface area contributed by atoms with Gasteiger partial charge in [-0.2, -0.15) is 0 Å². The van der Waals surface area contributed by atoms with Gasteiger partial charge in [-0.3, -0.25) is 0 Å². The number of ether oxygens (including phenoxy) is 2. The molecule has 0 unspecified atom stereocenters. The predicted molar refractivity (Wildman–Crippen MR) is 93.3 cm³/mol. The Balaban J connectivity index is 1.70. The lowest BCUT2D eigenvalue weighted by Gasteiger charge is -2.37. The van der Waals surface area contributed by atoms with Crippen molar-refractivity contribution in [2.75, 3.05) is 33.9 Å². The van der Waals surface area contributed by atoms with Crippen molar-refractivity contribution in [3.05, 3.63) is 60.2 Å². The first-order valence-corrected chi connectivity index (χ1v) is 8.26. The van der Waals surface area contributed by atoms with Crippen LogP contribution in [0.25, 0.3) is 0 Å². The van der Waals surface area contributed by atoms with Crippen LogP contribution >= 0.6 is 0 Å². The van der Waals surface area contributed by atoms with Gasteiger partial charge >= 0.3 is 0 Å². The van der Waals surface area contributed by atoms with Crippen molar-refractivity contribution in [2.45, 2.75) is 12.3 Å². The van der Waals surface area contributed by atoms with Gasteiger partial charge in [-0.05, 0) is 55.8 Å². The summed E-state index contributed by atoms with van der Waals surface area (Å²) >= 11 is 0. The number of hydrogen-bond donors (Lipinski definition) is 0. The molecule has 0 radical (unpaired) electrons. The fourth-order valence-electron chi connectivity index (χ4n) is 3.39. The van der Waals surface area contributed by atoms with Crippen LogP contribution in [0.5, 0.6) is 11.5 Å². The van der Waals surface area contributed by atoms with E-state index in [1.807, 2.05) is 30.3 Å². The fourth-order valence-corrected chi connectivity index (χ4v) is 3.39. The third-order valence-electron chi connectivity index (χ3n) is 4.69. The molecule has 23 heavy (non-hydrogen) atoms. The van der Waals surface area contributed by atoms with Gasteiger partial charge in [-0.1, -0.05) is 30.3 Å². The first kappa shape index (κ1) is 15.9. The summed E-state index contributed by atoms with van der Waals surface area (Å²) in [7, 11) is 3.90. The van der Waals surface area contributed by atoms with Crippen LogP contribution in [0.2, 0.25) is 0 Å². The summed E-state index contributed by atoms with van der Waals surface area (Å²) in [6.45, 7) is 2.97. The van der Waals surface area contributed by atoms with Crippen LogP contribution < -0.4 is 9.47 Å². The molecule has 1 aliphatic rings. The van der Waals surface area contributed by atoms with E-state index in [0.717, 1.165) is 31.2 Å². The zero-order valence-electron chi connectivity index (χ0n) is 13.9. The Hall–Kier alpha value is -2.00. The lowest BCUT2D eigenvalue weighted by molar-refractivity contribution is 0.129. The van der Waals surface area contributed by atoms with Gasteiger partial charge in [-0.25, -0.2) is 0 Å². The normalized spacial score (nSPS) is 21.8. The van der Waals surface area contributed by atoms with Gasteiger partial charge in [0.2, 0.25) is 0 Å². The molecule has 2 atom stereocenters. The molecule has 3 heteroatoms. The standard InChI is InChI=1S/C20H25NO2/c1-21-13-12-20(16-8-10-18(22-2)11-9-16)17(14-21)15-23-19-6-4-3-5-7-19/h3-11,17,20H,12-15H2,1-2H3/t17-,20+/m0/s1. The molecule has 3 nitrogen and oxygen atoms in total. The average Bonchev–Trinajstić information content (AvgIpc) is 2.61. The highest BCUT2D eigenvalue weighted by atomic mass is 16.5. The summed E-state index contributed by atoms with van der Waals surface area (Å²) in [4.78, 5) is 2.40. The van der Waals surface area contributed by atoms with E-state index in [1.165, 1.54) is 12.0 Å². The number of hydrogen-bond acceptors (Lipinski definition) is 3. The minimum absolute atomic E-state index is 0.502. The summed E-state index contributed by atoms with van der Waals surface area (Å²) in [5, 5.41) is 0. The molecule has 1 saturated heterocycles. The van der Waals surface area contributed by atoms with Crippen molar-refractivity contribution in [1.82, 2.24) is 4.90 Å². The number of likely N-dealkylation sites (tertiary alicyclic amines) is 1. The second-order valence-electron chi connectivity index (χ2n) is 6.31.